The van der Waals surface area contributed by atoms with E-state index in [1.165, 1.54) is 5.01 Å². The van der Waals surface area contributed by atoms with Crippen LogP contribution in [0.1, 0.15) is 0 Å². The number of rotatable bonds is 5. The Hall–Kier alpha value is -0.160. The van der Waals surface area contributed by atoms with E-state index in [9.17, 15) is 4.21 Å². The van der Waals surface area contributed by atoms with Crippen LogP contribution in [0.15, 0.2) is 27.7 Å². The Balaban J connectivity index is 4.12. The highest BCUT2D eigenvalue weighted by Crippen LogP contribution is 2.06. The molecule has 0 aliphatic heterocycles. The molecule has 0 aromatic rings. The summed E-state index contributed by atoms with van der Waals surface area (Å²) in [5.74, 6) is 0. The fraction of sp³-hybridized carbons (Fsp3) is 0.333. The van der Waals surface area contributed by atoms with Crippen molar-refractivity contribution in [3.63, 3.8) is 0 Å². The van der Waals surface area contributed by atoms with Crippen LogP contribution in [0.5, 0.6) is 0 Å². The van der Waals surface area contributed by atoms with Gasteiger partial charge in [0.1, 0.15) is 0 Å². The van der Waals surface area contributed by atoms with Crippen LogP contribution in [0.3, 0.4) is 0 Å². The van der Waals surface area contributed by atoms with Gasteiger partial charge in [0.25, 0.3) is 0 Å². The summed E-state index contributed by atoms with van der Waals surface area (Å²) in [6.45, 7) is 7.52. The molecule has 0 unspecified atom stereocenters. The Labute approximate surface area is 84.9 Å². The summed E-state index contributed by atoms with van der Waals surface area (Å²) in [6.07, 6.45) is 0. The molecule has 0 spiro atoms. The molecule has 0 amide bonds. The minimum atomic E-state index is 0.0951. The normalized spacial score (nSPS) is 9.58. The van der Waals surface area contributed by atoms with Gasteiger partial charge in [0.15, 0.2) is 0 Å². The predicted molar refractivity (Wildman–Crippen MR) is 52.1 cm³/mol. The predicted octanol–water partition coefficient (Wildman–Crippen LogP) is 2.10. The van der Waals surface area contributed by atoms with Crippen LogP contribution in [-0.4, -0.2) is 22.3 Å². The van der Waals surface area contributed by atoms with Gasteiger partial charge < -0.3 is 0 Å². The second kappa shape index (κ2) is 6.37. The van der Waals surface area contributed by atoms with E-state index in [0.717, 1.165) is 0 Å². The molecule has 0 aliphatic carbocycles. The molecular weight excluding hydrogens is 219 g/mol. The molecule has 0 aliphatic rings. The summed E-state index contributed by atoms with van der Waals surface area (Å²) >= 11 is 11.1. The SMILES string of the molecule is C=C(Cl)CN(CC(=C)Cl)N=S=O. The summed E-state index contributed by atoms with van der Waals surface area (Å²) in [5, 5.41) is 2.18. The van der Waals surface area contributed by atoms with Crippen molar-refractivity contribution in [2.75, 3.05) is 13.1 Å². The molecule has 3 nitrogen and oxygen atoms in total. The topological polar surface area (TPSA) is 32.7 Å². The molecule has 0 fully saturated rings. The molecule has 0 atom stereocenters. The molecule has 0 N–H and O–H groups in total. The van der Waals surface area contributed by atoms with Gasteiger partial charge in [0.05, 0.1) is 13.1 Å². The first kappa shape index (κ1) is 11.8. The first-order chi connectivity index (χ1) is 5.56. The minimum Gasteiger partial charge on any atom is -0.190 e. The number of hydrogen-bond donors (Lipinski definition) is 0. The number of hydrogen-bond acceptors (Lipinski definition) is 2. The number of nitrogens with zero attached hydrogens (tertiary/aromatic N) is 2. The van der Waals surface area contributed by atoms with E-state index < -0.39 is 0 Å². The summed E-state index contributed by atoms with van der Waals surface area (Å²) < 4.78 is 13.6. The quantitative estimate of drug-likeness (QED) is 0.674. The second-order valence-corrected chi connectivity index (χ2v) is 3.39. The van der Waals surface area contributed by atoms with Crippen LogP contribution >= 0.6 is 23.2 Å². The van der Waals surface area contributed by atoms with E-state index in [1.54, 1.807) is 0 Å². The Morgan fingerprint density at radius 3 is 2.00 bits per heavy atom. The number of halogens is 2. The van der Waals surface area contributed by atoms with Crippen molar-refractivity contribution in [2.45, 2.75) is 0 Å². The molecule has 6 heteroatoms. The van der Waals surface area contributed by atoms with E-state index in [4.69, 9.17) is 23.2 Å². The van der Waals surface area contributed by atoms with E-state index in [1.807, 2.05) is 0 Å². The highest BCUT2D eigenvalue weighted by molar-refractivity contribution is 7.54. The lowest BCUT2D eigenvalue weighted by molar-refractivity contribution is 0.357. The van der Waals surface area contributed by atoms with E-state index >= 15 is 0 Å². The fourth-order valence-corrected chi connectivity index (χ4v) is 1.04. The van der Waals surface area contributed by atoms with Crippen molar-refractivity contribution in [1.82, 2.24) is 5.01 Å². The lowest BCUT2D eigenvalue weighted by atomic mass is 10.5. The van der Waals surface area contributed by atoms with Gasteiger partial charge in [-0.3, -0.25) is 0 Å². The highest BCUT2D eigenvalue weighted by Gasteiger charge is 2.04. The van der Waals surface area contributed by atoms with Gasteiger partial charge in [0.2, 0.25) is 11.5 Å². The maximum absolute atomic E-state index is 10.1. The fourth-order valence-electron chi connectivity index (χ4n) is 0.557. The molecule has 0 aromatic heterocycles. The van der Waals surface area contributed by atoms with Gasteiger partial charge in [0, 0.05) is 10.1 Å². The Kier molecular flexibility index (Phi) is 6.28. The van der Waals surface area contributed by atoms with E-state index in [2.05, 4.69) is 17.6 Å². The smallest absolute Gasteiger partial charge is 0.190 e. The average Bonchev–Trinajstić information content (AvgIpc) is 1.84. The monoisotopic (exact) mass is 226 g/mol. The molecule has 0 bridgehead atoms. The highest BCUT2D eigenvalue weighted by atomic mass is 35.5. The maximum atomic E-state index is 10.1. The third-order valence-electron chi connectivity index (χ3n) is 0.857. The van der Waals surface area contributed by atoms with Gasteiger partial charge in [-0.15, -0.1) is 4.47 Å². The first-order valence-electron chi connectivity index (χ1n) is 2.97. The molecule has 0 rings (SSSR count). The molecule has 0 heterocycles. The molecule has 0 aromatic carbocycles. The van der Waals surface area contributed by atoms with Crippen LogP contribution in [0.4, 0.5) is 0 Å². The third kappa shape index (κ3) is 6.54. The second-order valence-electron chi connectivity index (χ2n) is 2.01. The standard InChI is InChI=1S/C6H8Cl2N2OS/c1-5(7)3-10(9-12-11)4-6(2)8/h1-4H2. The van der Waals surface area contributed by atoms with Crippen molar-refractivity contribution in [3.05, 3.63) is 23.2 Å². The van der Waals surface area contributed by atoms with Crippen molar-refractivity contribution in [3.8, 4) is 0 Å². The zero-order chi connectivity index (χ0) is 9.56. The zero-order valence-corrected chi connectivity index (χ0v) is 8.62. The summed E-state index contributed by atoms with van der Waals surface area (Å²) in [4.78, 5) is 0. The largest absolute Gasteiger partial charge is 0.218 e. The van der Waals surface area contributed by atoms with Gasteiger partial charge >= 0.3 is 0 Å². The Morgan fingerprint density at radius 1 is 1.33 bits per heavy atom. The first-order valence-corrected chi connectivity index (χ1v) is 4.43. The van der Waals surface area contributed by atoms with Crippen molar-refractivity contribution >= 4 is 34.7 Å². The maximum Gasteiger partial charge on any atom is 0.218 e. The molecule has 12 heavy (non-hydrogen) atoms. The third-order valence-corrected chi connectivity index (χ3v) is 1.39. The van der Waals surface area contributed by atoms with Crippen LogP contribution in [0.2, 0.25) is 0 Å². The van der Waals surface area contributed by atoms with Crippen LogP contribution in [-0.2, 0) is 11.5 Å². The Bertz CT molecular complexity index is 222. The summed E-state index contributed by atoms with van der Waals surface area (Å²) in [5.41, 5.74) is 0. The molecule has 68 valence electrons. The Morgan fingerprint density at radius 2 is 1.75 bits per heavy atom. The molecule has 0 saturated heterocycles. The summed E-state index contributed by atoms with van der Waals surface area (Å²) in [6, 6.07) is 0. The lowest BCUT2D eigenvalue weighted by Crippen LogP contribution is -2.19. The van der Waals surface area contributed by atoms with Crippen LogP contribution < -0.4 is 0 Å². The van der Waals surface area contributed by atoms with Crippen LogP contribution in [0.25, 0.3) is 0 Å². The lowest BCUT2D eigenvalue weighted by Gasteiger charge is -2.11. The van der Waals surface area contributed by atoms with Crippen molar-refractivity contribution < 1.29 is 4.21 Å². The van der Waals surface area contributed by atoms with Gasteiger partial charge in [-0.05, 0) is 0 Å². The molecule has 0 saturated carbocycles. The van der Waals surface area contributed by atoms with E-state index in [-0.39, 0.29) is 11.5 Å². The van der Waals surface area contributed by atoms with Crippen LogP contribution in [0, 0.1) is 0 Å². The minimum absolute atomic E-state index is 0.0951. The van der Waals surface area contributed by atoms with Gasteiger partial charge in [-0.25, -0.2) is 0 Å². The zero-order valence-electron chi connectivity index (χ0n) is 6.30. The average molecular weight is 227 g/mol. The van der Waals surface area contributed by atoms with Gasteiger partial charge in [-0.2, -0.15) is 9.22 Å². The van der Waals surface area contributed by atoms with E-state index in [0.29, 0.717) is 23.2 Å². The van der Waals surface area contributed by atoms with Crippen molar-refractivity contribution in [2.24, 2.45) is 4.47 Å². The molecular formula is C6H8Cl2N2OS. The van der Waals surface area contributed by atoms with Crippen molar-refractivity contribution in [1.29, 1.82) is 0 Å². The van der Waals surface area contributed by atoms with Gasteiger partial charge in [-0.1, -0.05) is 36.4 Å². The molecule has 0 radical (unpaired) electrons. The summed E-state index contributed by atoms with van der Waals surface area (Å²) in [7, 11) is 0.